The largest absolute Gasteiger partial charge is 0.429 e. The maximum absolute atomic E-state index is 12.0. The second-order valence-electron chi connectivity index (χ2n) is 4.91. The smallest absolute Gasteiger partial charge is 0.268 e. The number of fused-ring (bicyclic) bond motifs is 1. The van der Waals surface area contributed by atoms with Gasteiger partial charge in [-0.2, -0.15) is 0 Å². The molecule has 0 aliphatic carbocycles. The Bertz CT molecular complexity index is 1020. The van der Waals surface area contributed by atoms with Crippen molar-refractivity contribution in [3.8, 4) is 0 Å². The summed E-state index contributed by atoms with van der Waals surface area (Å²) < 4.78 is 2.32. The zero-order valence-electron chi connectivity index (χ0n) is 12.0. The number of aromatic nitrogens is 2. The second-order valence-corrected chi connectivity index (χ2v) is 5.34. The summed E-state index contributed by atoms with van der Waals surface area (Å²) in [7, 11) is 2.97. The first-order valence-corrected chi connectivity index (χ1v) is 6.94. The molecule has 0 saturated heterocycles. The maximum atomic E-state index is 12.0. The van der Waals surface area contributed by atoms with Crippen LogP contribution in [-0.2, 0) is 20.6 Å². The predicted molar refractivity (Wildman–Crippen MR) is 80.4 cm³/mol. The molecule has 0 unspecified atom stereocenters. The first kappa shape index (κ1) is 14.4. The number of hydrogen-bond donors (Lipinski definition) is 1. The van der Waals surface area contributed by atoms with E-state index in [-0.39, 0.29) is 10.8 Å². The third-order valence-corrected chi connectivity index (χ3v) is 3.66. The number of halogens is 1. The van der Waals surface area contributed by atoms with E-state index < -0.39 is 11.2 Å². The molecule has 112 valence electrons. The number of rotatable bonds is 2. The minimum Gasteiger partial charge on any atom is -0.268 e. The summed E-state index contributed by atoms with van der Waals surface area (Å²) >= 11 is 5.83. The number of hydrogen-bond acceptors (Lipinski definition) is 2. The van der Waals surface area contributed by atoms with Gasteiger partial charge in [-0.05, 0) is 22.7 Å². The summed E-state index contributed by atoms with van der Waals surface area (Å²) in [6.07, 6.45) is 0. The van der Waals surface area contributed by atoms with Gasteiger partial charge in [0.25, 0.3) is 10.8 Å². The van der Waals surface area contributed by atoms with Gasteiger partial charge < -0.3 is 0 Å². The van der Waals surface area contributed by atoms with Crippen LogP contribution in [0.5, 0.6) is 0 Å². The predicted octanol–water partition coefficient (Wildman–Crippen LogP) is -2.37. The molecule has 1 aromatic carbocycles. The Balaban J connectivity index is 2.03. The average molecular weight is 319 g/mol. The average Bonchev–Trinajstić information content (AvgIpc) is 2.95. The number of benzene rings is 1. The standard InChI is InChI=1S/C14H12ClN5O2/c1-19-11-10(12(21)20(2)14(19)22)17-13(18-11)16-7-8-3-5-9(15)6-4-8/h3-6H,7H2,1-2H3/p+1. The van der Waals surface area contributed by atoms with Gasteiger partial charge in [0.1, 0.15) is 0 Å². The van der Waals surface area contributed by atoms with Gasteiger partial charge in [-0.3, -0.25) is 18.9 Å². The highest BCUT2D eigenvalue weighted by molar-refractivity contribution is 6.30. The van der Waals surface area contributed by atoms with Crippen molar-refractivity contribution in [2.24, 2.45) is 24.1 Å². The minimum atomic E-state index is -0.454. The second kappa shape index (κ2) is 5.34. The molecule has 0 fully saturated rings. The summed E-state index contributed by atoms with van der Waals surface area (Å²) in [5, 5.41) is 0.834. The monoisotopic (exact) mass is 318 g/mol. The molecule has 2 aromatic rings. The fourth-order valence-corrected chi connectivity index (χ4v) is 2.26. The molecule has 0 bridgehead atoms. The van der Waals surface area contributed by atoms with Gasteiger partial charge in [-0.1, -0.05) is 28.7 Å². The van der Waals surface area contributed by atoms with Crippen molar-refractivity contribution in [3.63, 3.8) is 0 Å². The molecule has 1 N–H and O–H groups in total. The van der Waals surface area contributed by atoms with E-state index in [1.165, 1.54) is 11.6 Å². The van der Waals surface area contributed by atoms with Crippen LogP contribution in [-0.4, -0.2) is 15.1 Å². The summed E-state index contributed by atoms with van der Waals surface area (Å²) in [5.74, 6) is 0.309. The lowest BCUT2D eigenvalue weighted by molar-refractivity contribution is -0.477. The van der Waals surface area contributed by atoms with Crippen molar-refractivity contribution >= 4 is 17.6 Å². The Morgan fingerprint density at radius 2 is 1.77 bits per heavy atom. The molecule has 1 aliphatic rings. The molecule has 0 radical (unpaired) electrons. The van der Waals surface area contributed by atoms with E-state index >= 15 is 0 Å². The highest BCUT2D eigenvalue weighted by Crippen LogP contribution is 2.08. The van der Waals surface area contributed by atoms with Gasteiger partial charge in [0.2, 0.25) is 0 Å². The molecule has 0 spiro atoms. The van der Waals surface area contributed by atoms with Crippen LogP contribution in [0.25, 0.3) is 0 Å². The van der Waals surface area contributed by atoms with Crippen molar-refractivity contribution in [1.29, 1.82) is 0 Å². The molecule has 8 heteroatoms. The van der Waals surface area contributed by atoms with Crippen molar-refractivity contribution in [1.82, 2.24) is 9.13 Å². The van der Waals surface area contributed by atoms with Crippen LogP contribution >= 0.6 is 11.6 Å². The first-order valence-electron chi connectivity index (χ1n) is 6.56. The van der Waals surface area contributed by atoms with Crippen molar-refractivity contribution in [2.45, 2.75) is 6.54 Å². The fraction of sp³-hybridized carbons (Fsp3) is 0.214. The van der Waals surface area contributed by atoms with Crippen LogP contribution in [0, 0.1) is 0 Å². The Morgan fingerprint density at radius 1 is 1.09 bits per heavy atom. The molecular weight excluding hydrogens is 306 g/mol. The van der Waals surface area contributed by atoms with E-state index in [2.05, 4.69) is 15.0 Å². The summed E-state index contributed by atoms with van der Waals surface area (Å²) in [4.78, 5) is 35.3. The molecule has 0 saturated carbocycles. The third kappa shape index (κ3) is 2.39. The molecule has 22 heavy (non-hydrogen) atoms. The normalized spacial score (nSPS) is 14.6. The topological polar surface area (TPSA) is 82.7 Å². The van der Waals surface area contributed by atoms with Crippen molar-refractivity contribution in [2.75, 3.05) is 0 Å². The molecule has 0 atom stereocenters. The van der Waals surface area contributed by atoms with Crippen LogP contribution in [0.3, 0.4) is 0 Å². The van der Waals surface area contributed by atoms with E-state index in [4.69, 9.17) is 11.6 Å². The third-order valence-electron chi connectivity index (χ3n) is 3.40. The lowest BCUT2D eigenvalue weighted by Crippen LogP contribution is -2.70. The lowest BCUT2D eigenvalue weighted by Gasteiger charge is -1.96. The van der Waals surface area contributed by atoms with Crippen LogP contribution in [0.2, 0.25) is 5.02 Å². The summed E-state index contributed by atoms with van der Waals surface area (Å²) in [6.45, 7) is 0.488. The van der Waals surface area contributed by atoms with E-state index in [0.29, 0.717) is 17.5 Å². The lowest BCUT2D eigenvalue weighted by atomic mass is 10.2. The summed E-state index contributed by atoms with van der Waals surface area (Å²) in [6, 6.07) is 7.35. The van der Waals surface area contributed by atoms with Gasteiger partial charge in [0.15, 0.2) is 0 Å². The van der Waals surface area contributed by atoms with E-state index in [1.54, 1.807) is 19.2 Å². The Labute approximate surface area is 129 Å². The highest BCUT2D eigenvalue weighted by Gasteiger charge is 2.21. The molecule has 1 aliphatic heterocycles. The first-order chi connectivity index (χ1) is 10.5. The van der Waals surface area contributed by atoms with Gasteiger partial charge in [0.05, 0.1) is 6.54 Å². The van der Waals surface area contributed by atoms with E-state index in [9.17, 15) is 9.59 Å². The van der Waals surface area contributed by atoms with E-state index in [1.807, 2.05) is 12.1 Å². The Morgan fingerprint density at radius 3 is 2.45 bits per heavy atom. The Hall–Kier alpha value is -2.54. The SMILES string of the molecule is Cn1c(=O)c2c(n(C)c1=O)=NC(=[NH+]Cc1ccc(Cl)cc1)N=2. The maximum Gasteiger partial charge on any atom is 0.429 e. The zero-order chi connectivity index (χ0) is 15.9. The number of nitrogens with one attached hydrogen (secondary N) is 1. The molecular formula is C14H13ClN5O2+. The number of nitrogens with zero attached hydrogens (tertiary/aromatic N) is 4. The van der Waals surface area contributed by atoms with Gasteiger partial charge in [-0.25, -0.2) is 4.79 Å². The van der Waals surface area contributed by atoms with Crippen molar-refractivity contribution < 1.29 is 4.99 Å². The van der Waals surface area contributed by atoms with Crippen LogP contribution in [0.15, 0.2) is 43.8 Å². The molecule has 1 aromatic heterocycles. The highest BCUT2D eigenvalue weighted by atomic mass is 35.5. The number of guanidine groups is 1. The van der Waals surface area contributed by atoms with Crippen molar-refractivity contribution in [3.05, 3.63) is 66.5 Å². The quantitative estimate of drug-likeness (QED) is 0.671. The molecule has 2 heterocycles. The van der Waals surface area contributed by atoms with Crippen LogP contribution < -0.4 is 27.1 Å². The Kier molecular flexibility index (Phi) is 3.50. The van der Waals surface area contributed by atoms with Gasteiger partial charge in [0, 0.05) is 19.1 Å². The van der Waals surface area contributed by atoms with Gasteiger partial charge in [-0.15, -0.1) is 0 Å². The summed E-state index contributed by atoms with van der Waals surface area (Å²) in [5.41, 5.74) is 0.388. The van der Waals surface area contributed by atoms with Crippen LogP contribution in [0.1, 0.15) is 5.56 Å². The van der Waals surface area contributed by atoms with E-state index in [0.717, 1.165) is 10.1 Å². The zero-order valence-corrected chi connectivity index (χ0v) is 12.8. The van der Waals surface area contributed by atoms with Gasteiger partial charge >= 0.3 is 17.2 Å². The molecule has 0 amide bonds. The molecule has 7 nitrogen and oxygen atoms in total. The fourth-order valence-electron chi connectivity index (χ4n) is 2.14. The molecule has 3 rings (SSSR count). The van der Waals surface area contributed by atoms with Crippen LogP contribution in [0.4, 0.5) is 0 Å². The minimum absolute atomic E-state index is 0.170.